The third kappa shape index (κ3) is 2.67. The van der Waals surface area contributed by atoms with Gasteiger partial charge in [-0.15, -0.1) is 0 Å². The van der Waals surface area contributed by atoms with Gasteiger partial charge < -0.3 is 10.1 Å². The molecule has 3 heterocycles. The summed E-state index contributed by atoms with van der Waals surface area (Å²) in [5, 5.41) is 11.0. The minimum absolute atomic E-state index is 0.00419. The molecule has 30 heavy (non-hydrogen) atoms. The largest absolute Gasteiger partial charge is 0.456 e. The van der Waals surface area contributed by atoms with Gasteiger partial charge in [-0.1, -0.05) is 6.07 Å². The minimum Gasteiger partial charge on any atom is -0.456 e. The monoisotopic (exact) mass is 404 g/mol. The quantitative estimate of drug-likeness (QED) is 0.502. The Morgan fingerprint density at radius 1 is 1.20 bits per heavy atom. The first kappa shape index (κ1) is 18.1. The Labute approximate surface area is 169 Å². The number of H-pyrrole nitrogens is 1. The smallest absolute Gasteiger partial charge is 0.335 e. The fraction of sp³-hybridized carbons (Fsp3) is 0.136. The van der Waals surface area contributed by atoms with E-state index in [9.17, 15) is 13.6 Å². The molecule has 0 spiro atoms. The normalized spacial score (nSPS) is 18.3. The number of fused-ring (bicyclic) bond motifs is 1. The fourth-order valence-electron chi connectivity index (χ4n) is 4.01. The number of carbonyl (C=O) groups is 1. The van der Waals surface area contributed by atoms with E-state index in [4.69, 9.17) is 11.3 Å². The molecule has 3 aromatic rings. The molecule has 8 heteroatoms. The summed E-state index contributed by atoms with van der Waals surface area (Å²) < 4.78 is 33.0. The topological polar surface area (TPSA) is 71.4 Å². The molecule has 5 rings (SSSR count). The molecule has 2 aliphatic heterocycles. The molecule has 0 bridgehead atoms. The number of halogens is 2. The maximum atomic E-state index is 13.9. The molecule has 148 valence electrons. The van der Waals surface area contributed by atoms with Gasteiger partial charge in [0.25, 0.3) is 0 Å². The Bertz CT molecular complexity index is 1330. The van der Waals surface area contributed by atoms with E-state index < -0.39 is 23.5 Å². The predicted octanol–water partition coefficient (Wildman–Crippen LogP) is 3.94. The summed E-state index contributed by atoms with van der Waals surface area (Å²) in [7, 11) is 0. The van der Waals surface area contributed by atoms with Crippen molar-refractivity contribution in [2.24, 2.45) is 0 Å². The molecule has 0 amide bonds. The maximum Gasteiger partial charge on any atom is 0.335 e. The van der Waals surface area contributed by atoms with E-state index in [1.807, 2.05) is 19.1 Å². The van der Waals surface area contributed by atoms with Gasteiger partial charge in [-0.3, -0.25) is 5.10 Å². The lowest BCUT2D eigenvalue weighted by Gasteiger charge is -2.27. The number of carbonyl (C=O) groups excluding carboxylic acids is 1. The number of rotatable bonds is 2. The summed E-state index contributed by atoms with van der Waals surface area (Å²) in [5.41, 5.74) is 3.74. The van der Waals surface area contributed by atoms with Crippen LogP contribution in [0.25, 0.3) is 21.4 Å². The summed E-state index contributed by atoms with van der Waals surface area (Å²) in [6.07, 6.45) is 0. The number of hydrogen-bond acceptors (Lipinski definition) is 4. The Morgan fingerprint density at radius 3 is 2.70 bits per heavy atom. The maximum absolute atomic E-state index is 13.9. The second kappa shape index (κ2) is 6.52. The van der Waals surface area contributed by atoms with Gasteiger partial charge in [-0.2, -0.15) is 5.10 Å². The van der Waals surface area contributed by atoms with E-state index >= 15 is 0 Å². The van der Waals surface area contributed by atoms with Crippen LogP contribution in [0, 0.1) is 25.1 Å². The molecule has 1 aromatic heterocycles. The number of hydrogen-bond donors (Lipinski definition) is 2. The number of allylic oxidation sites excluding steroid dienone is 1. The van der Waals surface area contributed by atoms with E-state index in [1.165, 1.54) is 0 Å². The highest BCUT2D eigenvalue weighted by Gasteiger charge is 2.40. The van der Waals surface area contributed by atoms with Gasteiger partial charge in [0.1, 0.15) is 18.2 Å². The van der Waals surface area contributed by atoms with E-state index in [2.05, 4.69) is 20.4 Å². The zero-order valence-corrected chi connectivity index (χ0v) is 15.7. The summed E-state index contributed by atoms with van der Waals surface area (Å²) in [5.74, 6) is -2.76. The number of aryl methyl sites for hydroxylation is 1. The van der Waals surface area contributed by atoms with Gasteiger partial charge in [0, 0.05) is 17.1 Å². The van der Waals surface area contributed by atoms with Crippen LogP contribution in [0.3, 0.4) is 0 Å². The van der Waals surface area contributed by atoms with Gasteiger partial charge in [0.2, 0.25) is 5.70 Å². The Morgan fingerprint density at radius 2 is 1.97 bits per heavy atom. The molecule has 0 saturated heterocycles. The van der Waals surface area contributed by atoms with Crippen LogP contribution < -0.4 is 5.32 Å². The first-order valence-electron chi connectivity index (χ1n) is 9.16. The van der Waals surface area contributed by atoms with E-state index in [1.54, 1.807) is 6.07 Å². The standard InChI is InChI=1S/C22H14F2N4O2/c1-10-15-7-11(3-4-16(15)28-27-10)18-19-17(9-30-22(19)29)26-20(21(18)25-2)12-5-13(23)8-14(24)6-12/h3-8,18,26H,9H2,1H3,(H,27,28). The number of nitrogens with one attached hydrogen (secondary N) is 2. The predicted molar refractivity (Wildman–Crippen MR) is 105 cm³/mol. The van der Waals surface area contributed by atoms with Crippen molar-refractivity contribution in [3.05, 3.63) is 93.2 Å². The SMILES string of the molecule is [C-]#[N+]C1=C(c2cc(F)cc(F)c2)NC2=C(C(=O)OC2)C1c1ccc2[nH]nc(C)c2c1. The average molecular weight is 404 g/mol. The van der Waals surface area contributed by atoms with Crippen LogP contribution in [0.15, 0.2) is 53.4 Å². The third-order valence-corrected chi connectivity index (χ3v) is 5.37. The van der Waals surface area contributed by atoms with Crippen molar-refractivity contribution < 1.29 is 18.3 Å². The molecule has 1 unspecified atom stereocenters. The van der Waals surface area contributed by atoms with E-state index in [0.29, 0.717) is 16.8 Å². The third-order valence-electron chi connectivity index (χ3n) is 5.37. The summed E-state index contributed by atoms with van der Waals surface area (Å²) in [6.45, 7) is 9.66. The van der Waals surface area contributed by atoms with Gasteiger partial charge in [-0.25, -0.2) is 18.4 Å². The molecule has 6 nitrogen and oxygen atoms in total. The first-order chi connectivity index (χ1) is 14.5. The number of aromatic nitrogens is 2. The second-order valence-corrected chi connectivity index (χ2v) is 7.17. The van der Waals surface area contributed by atoms with Crippen LogP contribution in [0.2, 0.25) is 0 Å². The van der Waals surface area contributed by atoms with Crippen LogP contribution >= 0.6 is 0 Å². The van der Waals surface area contributed by atoms with Gasteiger partial charge in [-0.05, 0) is 42.3 Å². The minimum atomic E-state index is -0.755. The fourth-order valence-corrected chi connectivity index (χ4v) is 4.01. The van der Waals surface area contributed by atoms with E-state index in [0.717, 1.165) is 34.8 Å². The number of cyclic esters (lactones) is 1. The highest BCUT2D eigenvalue weighted by Crippen LogP contribution is 2.44. The van der Waals surface area contributed by atoms with Gasteiger partial charge >= 0.3 is 5.97 Å². The van der Waals surface area contributed by atoms with Crippen LogP contribution in [-0.2, 0) is 9.53 Å². The van der Waals surface area contributed by atoms with E-state index in [-0.39, 0.29) is 23.6 Å². The number of aromatic amines is 1. The summed E-state index contributed by atoms with van der Waals surface area (Å²) >= 11 is 0. The Hall–Kier alpha value is -3.99. The van der Waals surface area contributed by atoms with Crippen LogP contribution in [-0.4, -0.2) is 22.8 Å². The van der Waals surface area contributed by atoms with Crippen molar-refractivity contribution in [1.29, 1.82) is 0 Å². The van der Waals surface area contributed by atoms with Gasteiger partial charge in [0.15, 0.2) is 0 Å². The molecule has 2 N–H and O–H groups in total. The number of benzene rings is 2. The number of dihydropyridines is 1. The molecule has 2 aromatic carbocycles. The average Bonchev–Trinajstić information content (AvgIpc) is 3.28. The number of esters is 1. The molecule has 0 saturated carbocycles. The van der Waals surface area contributed by atoms with Gasteiger partial charge in [0.05, 0.1) is 35.0 Å². The highest BCUT2D eigenvalue weighted by molar-refractivity contribution is 5.97. The van der Waals surface area contributed by atoms with Crippen LogP contribution in [0.5, 0.6) is 0 Å². The zero-order valence-electron chi connectivity index (χ0n) is 15.7. The highest BCUT2D eigenvalue weighted by atomic mass is 19.1. The molecule has 2 aliphatic rings. The van der Waals surface area contributed by atoms with Crippen molar-refractivity contribution in [2.45, 2.75) is 12.8 Å². The molecular formula is C22H14F2N4O2. The molecule has 0 fully saturated rings. The van der Waals surface area contributed by atoms with Crippen molar-refractivity contribution in [3.63, 3.8) is 0 Å². The summed E-state index contributed by atoms with van der Waals surface area (Å²) in [6, 6.07) is 8.58. The molecule has 0 aliphatic carbocycles. The lowest BCUT2D eigenvalue weighted by Crippen LogP contribution is -2.25. The van der Waals surface area contributed by atoms with Crippen molar-refractivity contribution in [1.82, 2.24) is 15.5 Å². The number of ether oxygens (including phenoxy) is 1. The lowest BCUT2D eigenvalue weighted by molar-refractivity contribution is -0.136. The van der Waals surface area contributed by atoms with Crippen molar-refractivity contribution in [2.75, 3.05) is 6.61 Å². The molecule has 1 atom stereocenters. The summed E-state index contributed by atoms with van der Waals surface area (Å²) in [4.78, 5) is 16.2. The Kier molecular flexibility index (Phi) is 3.93. The van der Waals surface area contributed by atoms with Crippen LogP contribution in [0.4, 0.5) is 8.78 Å². The zero-order chi connectivity index (χ0) is 21.0. The first-order valence-corrected chi connectivity index (χ1v) is 9.16. The second-order valence-electron chi connectivity index (χ2n) is 7.17. The van der Waals surface area contributed by atoms with Crippen molar-refractivity contribution in [3.8, 4) is 0 Å². The van der Waals surface area contributed by atoms with Crippen molar-refractivity contribution >= 4 is 22.6 Å². The Balaban J connectivity index is 1.76. The van der Waals surface area contributed by atoms with Crippen LogP contribution in [0.1, 0.15) is 22.7 Å². The molecule has 0 radical (unpaired) electrons. The molecular weight excluding hydrogens is 390 g/mol. The lowest BCUT2D eigenvalue weighted by atomic mass is 9.83. The number of nitrogens with zero attached hydrogens (tertiary/aromatic N) is 2.